The van der Waals surface area contributed by atoms with Crippen LogP contribution in [0.1, 0.15) is 64.8 Å². The van der Waals surface area contributed by atoms with Gasteiger partial charge in [0.15, 0.2) is 0 Å². The Balaban J connectivity index is 1.45. The molecular formula is C26H29N5O2. The minimum atomic E-state index is -0.468. The van der Waals surface area contributed by atoms with Crippen LogP contribution in [-0.4, -0.2) is 27.8 Å². The summed E-state index contributed by atoms with van der Waals surface area (Å²) in [6.07, 6.45) is 8.65. The minimum Gasteiger partial charge on any atom is -0.366 e. The highest BCUT2D eigenvalue weighted by Gasteiger charge is 2.16. The Hall–Kier alpha value is -3.74. The first kappa shape index (κ1) is 22.5. The van der Waals surface area contributed by atoms with Crippen molar-refractivity contribution in [2.75, 3.05) is 5.32 Å². The van der Waals surface area contributed by atoms with E-state index in [2.05, 4.69) is 20.6 Å². The molecule has 2 aromatic carbocycles. The molecule has 170 valence electrons. The fourth-order valence-electron chi connectivity index (χ4n) is 4.28. The lowest BCUT2D eigenvalue weighted by molar-refractivity contribution is 0.0932. The average Bonchev–Trinajstić information content (AvgIpc) is 3.08. The van der Waals surface area contributed by atoms with Crippen LogP contribution in [0.25, 0.3) is 11.3 Å². The highest BCUT2D eigenvalue weighted by atomic mass is 16.2. The first-order valence-electron chi connectivity index (χ1n) is 11.4. The Morgan fingerprint density at radius 1 is 0.970 bits per heavy atom. The second-order valence-electron chi connectivity index (χ2n) is 8.47. The van der Waals surface area contributed by atoms with E-state index in [1.807, 2.05) is 25.1 Å². The van der Waals surface area contributed by atoms with Crippen LogP contribution in [0.5, 0.6) is 0 Å². The van der Waals surface area contributed by atoms with E-state index < -0.39 is 5.91 Å². The third kappa shape index (κ3) is 5.55. The molecule has 0 bridgehead atoms. The van der Waals surface area contributed by atoms with Crippen LogP contribution in [0.15, 0.2) is 54.7 Å². The molecule has 0 radical (unpaired) electrons. The van der Waals surface area contributed by atoms with Crippen molar-refractivity contribution in [3.8, 4) is 11.3 Å². The van der Waals surface area contributed by atoms with Crippen molar-refractivity contribution in [1.82, 2.24) is 15.3 Å². The topological polar surface area (TPSA) is 110 Å². The summed E-state index contributed by atoms with van der Waals surface area (Å²) >= 11 is 0. The molecule has 1 aliphatic carbocycles. The summed E-state index contributed by atoms with van der Waals surface area (Å²) in [6, 6.07) is 14.7. The highest BCUT2D eigenvalue weighted by Crippen LogP contribution is 2.25. The lowest BCUT2D eigenvalue weighted by Gasteiger charge is -2.16. The molecule has 1 heterocycles. The van der Waals surface area contributed by atoms with Crippen molar-refractivity contribution in [3.63, 3.8) is 0 Å². The molecule has 4 N–H and O–H groups in total. The number of carbonyl (C=O) groups is 2. The molecule has 2 amide bonds. The van der Waals surface area contributed by atoms with E-state index in [0.717, 1.165) is 29.7 Å². The van der Waals surface area contributed by atoms with Crippen molar-refractivity contribution in [1.29, 1.82) is 0 Å². The summed E-state index contributed by atoms with van der Waals surface area (Å²) < 4.78 is 0. The minimum absolute atomic E-state index is 0.0310. The summed E-state index contributed by atoms with van der Waals surface area (Å²) in [4.78, 5) is 33.2. The quantitative estimate of drug-likeness (QED) is 0.476. The van der Waals surface area contributed by atoms with Crippen LogP contribution >= 0.6 is 0 Å². The third-order valence-electron chi connectivity index (χ3n) is 6.12. The fraction of sp³-hybridized carbons (Fsp3) is 0.308. The predicted octanol–water partition coefficient (Wildman–Crippen LogP) is 4.75. The standard InChI is InChI=1S/C26H29N5O2/c1-17-21(9-6-10-22(17)24(27)32)23-15-16-28-26(31-23)30-20-13-11-18(12-14-20)25(33)29-19-7-4-2-3-5-8-19/h6,9-16,19H,2-5,7-8H2,1H3,(H2,27,32)(H,29,33)(H,28,30,31). The molecule has 3 aromatic rings. The summed E-state index contributed by atoms with van der Waals surface area (Å²) in [5.74, 6) is -0.0755. The van der Waals surface area contributed by atoms with E-state index >= 15 is 0 Å². The van der Waals surface area contributed by atoms with Gasteiger partial charge in [-0.2, -0.15) is 0 Å². The largest absolute Gasteiger partial charge is 0.366 e. The smallest absolute Gasteiger partial charge is 0.251 e. The molecule has 0 unspecified atom stereocenters. The fourth-order valence-corrected chi connectivity index (χ4v) is 4.28. The average molecular weight is 444 g/mol. The van der Waals surface area contributed by atoms with Crippen LogP contribution in [0.3, 0.4) is 0 Å². The normalized spacial score (nSPS) is 14.3. The molecule has 1 saturated carbocycles. The van der Waals surface area contributed by atoms with Gasteiger partial charge in [0.2, 0.25) is 11.9 Å². The molecule has 7 nitrogen and oxygen atoms in total. The molecule has 1 aliphatic rings. The van der Waals surface area contributed by atoms with Crippen molar-refractivity contribution < 1.29 is 9.59 Å². The van der Waals surface area contributed by atoms with Crippen molar-refractivity contribution in [2.24, 2.45) is 5.73 Å². The maximum absolute atomic E-state index is 12.6. The Morgan fingerprint density at radius 2 is 1.70 bits per heavy atom. The van der Waals surface area contributed by atoms with Crippen molar-refractivity contribution in [2.45, 2.75) is 51.5 Å². The second kappa shape index (κ2) is 10.3. The zero-order valence-electron chi connectivity index (χ0n) is 18.8. The Bertz CT molecular complexity index is 1140. The number of nitrogens with two attached hydrogens (primary N) is 1. The molecule has 1 fully saturated rings. The lowest BCUT2D eigenvalue weighted by atomic mass is 9.99. The van der Waals surface area contributed by atoms with Crippen LogP contribution in [0, 0.1) is 6.92 Å². The van der Waals surface area contributed by atoms with E-state index in [4.69, 9.17) is 5.73 Å². The number of amides is 2. The van der Waals surface area contributed by atoms with Gasteiger partial charge in [0, 0.05) is 34.6 Å². The molecule has 4 rings (SSSR count). The molecule has 1 aromatic heterocycles. The molecule has 0 aliphatic heterocycles. The summed E-state index contributed by atoms with van der Waals surface area (Å²) in [6.45, 7) is 1.85. The number of carbonyl (C=O) groups excluding carboxylic acids is 2. The predicted molar refractivity (Wildman–Crippen MR) is 129 cm³/mol. The zero-order chi connectivity index (χ0) is 23.2. The van der Waals surface area contributed by atoms with Gasteiger partial charge in [-0.15, -0.1) is 0 Å². The maximum Gasteiger partial charge on any atom is 0.251 e. The Kier molecular flexibility index (Phi) is 6.98. The van der Waals surface area contributed by atoms with Gasteiger partial charge in [-0.1, -0.05) is 37.8 Å². The molecular weight excluding hydrogens is 414 g/mol. The Labute approximate surface area is 193 Å². The lowest BCUT2D eigenvalue weighted by Crippen LogP contribution is -2.34. The molecule has 0 atom stereocenters. The van der Waals surface area contributed by atoms with Crippen LogP contribution in [-0.2, 0) is 0 Å². The van der Waals surface area contributed by atoms with Gasteiger partial charge in [0.25, 0.3) is 5.91 Å². The van der Waals surface area contributed by atoms with E-state index in [9.17, 15) is 9.59 Å². The van der Waals surface area contributed by atoms with Gasteiger partial charge in [-0.25, -0.2) is 9.97 Å². The van der Waals surface area contributed by atoms with Gasteiger partial charge >= 0.3 is 0 Å². The number of hydrogen-bond acceptors (Lipinski definition) is 5. The van der Waals surface area contributed by atoms with Crippen LogP contribution in [0.4, 0.5) is 11.6 Å². The summed E-state index contributed by atoms with van der Waals surface area (Å²) in [5.41, 5.74) is 9.65. The molecule has 33 heavy (non-hydrogen) atoms. The number of benzene rings is 2. The highest BCUT2D eigenvalue weighted by molar-refractivity contribution is 5.96. The maximum atomic E-state index is 12.6. The number of nitrogens with zero attached hydrogens (tertiary/aromatic N) is 2. The summed E-state index contributed by atoms with van der Waals surface area (Å²) in [7, 11) is 0. The molecule has 0 spiro atoms. The molecule has 7 heteroatoms. The number of hydrogen-bond donors (Lipinski definition) is 3. The number of rotatable bonds is 6. The van der Waals surface area contributed by atoms with Crippen LogP contribution < -0.4 is 16.4 Å². The third-order valence-corrected chi connectivity index (χ3v) is 6.12. The monoisotopic (exact) mass is 443 g/mol. The second-order valence-corrected chi connectivity index (χ2v) is 8.47. The number of primary amides is 1. The van der Waals surface area contributed by atoms with Gasteiger partial charge in [-0.05, 0) is 61.7 Å². The van der Waals surface area contributed by atoms with E-state index in [0.29, 0.717) is 22.8 Å². The SMILES string of the molecule is Cc1c(C(N)=O)cccc1-c1ccnc(Nc2ccc(C(=O)NC3CCCCCC3)cc2)n1. The van der Waals surface area contributed by atoms with Crippen LogP contribution in [0.2, 0.25) is 0 Å². The summed E-state index contributed by atoms with van der Waals surface area (Å²) in [5, 5.41) is 6.35. The molecule has 0 saturated heterocycles. The first-order valence-corrected chi connectivity index (χ1v) is 11.4. The van der Waals surface area contributed by atoms with Gasteiger partial charge in [0.1, 0.15) is 0 Å². The van der Waals surface area contributed by atoms with Gasteiger partial charge in [-0.3, -0.25) is 9.59 Å². The first-order chi connectivity index (χ1) is 16.0. The number of nitrogens with one attached hydrogen (secondary N) is 2. The number of anilines is 2. The van der Waals surface area contributed by atoms with E-state index in [-0.39, 0.29) is 11.9 Å². The zero-order valence-corrected chi connectivity index (χ0v) is 18.8. The Morgan fingerprint density at radius 3 is 2.39 bits per heavy atom. The van der Waals surface area contributed by atoms with Crippen molar-refractivity contribution in [3.05, 3.63) is 71.4 Å². The van der Waals surface area contributed by atoms with Gasteiger partial charge in [0.05, 0.1) is 5.69 Å². The number of aromatic nitrogens is 2. The van der Waals surface area contributed by atoms with Crippen molar-refractivity contribution >= 4 is 23.5 Å². The van der Waals surface area contributed by atoms with E-state index in [1.165, 1.54) is 25.7 Å². The van der Waals surface area contributed by atoms with Gasteiger partial charge < -0.3 is 16.4 Å². The van der Waals surface area contributed by atoms with E-state index in [1.54, 1.807) is 36.5 Å².